The van der Waals surface area contributed by atoms with Crippen LogP contribution in [0.4, 0.5) is 0 Å². The van der Waals surface area contributed by atoms with Crippen molar-refractivity contribution in [1.82, 2.24) is 10.3 Å². The van der Waals surface area contributed by atoms with E-state index in [-0.39, 0.29) is 6.04 Å². The van der Waals surface area contributed by atoms with Crippen molar-refractivity contribution in [3.8, 4) is 6.07 Å². The number of aromatic nitrogens is 1. The van der Waals surface area contributed by atoms with Gasteiger partial charge in [-0.2, -0.15) is 5.26 Å². The van der Waals surface area contributed by atoms with Gasteiger partial charge in [0, 0.05) is 6.04 Å². The molecule has 76 valence electrons. The second-order valence-corrected chi connectivity index (χ2v) is 3.28. The predicted octanol–water partition coefficient (Wildman–Crippen LogP) is 2.00. The molecule has 1 heterocycles. The van der Waals surface area contributed by atoms with E-state index in [4.69, 9.17) is 9.68 Å². The van der Waals surface area contributed by atoms with Gasteiger partial charge in [0.1, 0.15) is 5.52 Å². The molecule has 0 saturated heterocycles. The lowest BCUT2D eigenvalue weighted by atomic mass is 10.0. The number of oxazole rings is 1. The summed E-state index contributed by atoms with van der Waals surface area (Å²) in [5.74, 6) is 0. The summed E-state index contributed by atoms with van der Waals surface area (Å²) in [6.45, 7) is 0. The molecule has 4 nitrogen and oxygen atoms in total. The Bertz CT molecular complexity index is 498. The summed E-state index contributed by atoms with van der Waals surface area (Å²) in [7, 11) is 1.84. The van der Waals surface area contributed by atoms with Gasteiger partial charge in [-0.1, -0.05) is 6.07 Å². The van der Waals surface area contributed by atoms with Crippen molar-refractivity contribution < 1.29 is 4.42 Å². The molecule has 0 amide bonds. The fourth-order valence-corrected chi connectivity index (χ4v) is 1.57. The Balaban J connectivity index is 2.38. The van der Waals surface area contributed by atoms with Crippen molar-refractivity contribution >= 4 is 11.1 Å². The molecule has 0 aliphatic heterocycles. The topological polar surface area (TPSA) is 61.9 Å². The molecule has 2 aromatic rings. The largest absolute Gasteiger partial charge is 0.443 e. The lowest BCUT2D eigenvalue weighted by Crippen LogP contribution is -2.15. The van der Waals surface area contributed by atoms with E-state index < -0.39 is 0 Å². The molecule has 1 aromatic heterocycles. The molecule has 1 unspecified atom stereocenters. The van der Waals surface area contributed by atoms with E-state index in [1.165, 1.54) is 6.39 Å². The van der Waals surface area contributed by atoms with E-state index in [1.807, 2.05) is 25.2 Å². The van der Waals surface area contributed by atoms with Crippen LogP contribution in [0.25, 0.3) is 11.1 Å². The Morgan fingerprint density at radius 1 is 1.60 bits per heavy atom. The van der Waals surface area contributed by atoms with Gasteiger partial charge in [-0.25, -0.2) is 4.98 Å². The monoisotopic (exact) mass is 201 g/mol. The van der Waals surface area contributed by atoms with Crippen LogP contribution < -0.4 is 5.32 Å². The molecular formula is C11H11N3O. The Morgan fingerprint density at radius 2 is 2.47 bits per heavy atom. The van der Waals surface area contributed by atoms with Crippen LogP contribution >= 0.6 is 0 Å². The Kier molecular flexibility index (Phi) is 2.66. The van der Waals surface area contributed by atoms with E-state index in [0.29, 0.717) is 6.42 Å². The van der Waals surface area contributed by atoms with E-state index in [2.05, 4.69) is 16.4 Å². The molecule has 0 bridgehead atoms. The van der Waals surface area contributed by atoms with Crippen molar-refractivity contribution in [2.45, 2.75) is 12.5 Å². The molecule has 15 heavy (non-hydrogen) atoms. The SMILES string of the molecule is CNC(CC#N)c1ccc2ncoc2c1. The number of nitriles is 1. The standard InChI is InChI=1S/C11H11N3O/c1-13-9(4-5-12)8-2-3-10-11(6-8)15-7-14-10/h2-3,6-7,9,13H,4H2,1H3. The molecule has 1 aromatic carbocycles. The number of rotatable bonds is 3. The van der Waals surface area contributed by atoms with Gasteiger partial charge in [0.25, 0.3) is 0 Å². The van der Waals surface area contributed by atoms with Crippen LogP contribution in [0.3, 0.4) is 0 Å². The smallest absolute Gasteiger partial charge is 0.181 e. The van der Waals surface area contributed by atoms with Crippen LogP contribution in [0.15, 0.2) is 29.0 Å². The molecule has 0 aliphatic rings. The van der Waals surface area contributed by atoms with Gasteiger partial charge in [0.2, 0.25) is 0 Å². The van der Waals surface area contributed by atoms with Gasteiger partial charge in [-0.15, -0.1) is 0 Å². The number of hydrogen-bond acceptors (Lipinski definition) is 4. The predicted molar refractivity (Wildman–Crippen MR) is 56.0 cm³/mol. The van der Waals surface area contributed by atoms with Crippen molar-refractivity contribution in [3.63, 3.8) is 0 Å². The van der Waals surface area contributed by atoms with Crippen LogP contribution in [-0.2, 0) is 0 Å². The van der Waals surface area contributed by atoms with Gasteiger partial charge in [-0.05, 0) is 24.7 Å². The van der Waals surface area contributed by atoms with Crippen molar-refractivity contribution in [1.29, 1.82) is 5.26 Å². The third-order valence-corrected chi connectivity index (χ3v) is 2.40. The van der Waals surface area contributed by atoms with E-state index in [0.717, 1.165) is 16.7 Å². The zero-order valence-electron chi connectivity index (χ0n) is 8.40. The van der Waals surface area contributed by atoms with E-state index in [9.17, 15) is 0 Å². The van der Waals surface area contributed by atoms with Crippen LogP contribution in [0.1, 0.15) is 18.0 Å². The first-order valence-electron chi connectivity index (χ1n) is 4.72. The normalized spacial score (nSPS) is 12.5. The lowest BCUT2D eigenvalue weighted by molar-refractivity contribution is 0.591. The molecule has 1 N–H and O–H groups in total. The van der Waals surface area contributed by atoms with Crippen LogP contribution in [0.2, 0.25) is 0 Å². The Hall–Kier alpha value is -1.86. The number of hydrogen-bond donors (Lipinski definition) is 1. The van der Waals surface area contributed by atoms with Crippen molar-refractivity contribution in [2.75, 3.05) is 7.05 Å². The Labute approximate surface area is 87.5 Å². The highest BCUT2D eigenvalue weighted by Crippen LogP contribution is 2.21. The quantitative estimate of drug-likeness (QED) is 0.825. The first kappa shape index (κ1) is 9.69. The van der Waals surface area contributed by atoms with Crippen LogP contribution in [-0.4, -0.2) is 12.0 Å². The molecule has 0 aliphatic carbocycles. The molecule has 4 heteroatoms. The maximum Gasteiger partial charge on any atom is 0.181 e. The molecule has 0 fully saturated rings. The second kappa shape index (κ2) is 4.11. The number of nitrogens with one attached hydrogen (secondary N) is 1. The average Bonchev–Trinajstić information content (AvgIpc) is 2.72. The molecule has 0 saturated carbocycles. The minimum Gasteiger partial charge on any atom is -0.443 e. The summed E-state index contributed by atoms with van der Waals surface area (Å²) in [4.78, 5) is 4.04. The van der Waals surface area contributed by atoms with E-state index >= 15 is 0 Å². The minimum absolute atomic E-state index is 0.0458. The summed E-state index contributed by atoms with van der Waals surface area (Å²) in [6.07, 6.45) is 1.86. The highest BCUT2D eigenvalue weighted by atomic mass is 16.3. The summed E-state index contributed by atoms with van der Waals surface area (Å²) in [5.41, 5.74) is 2.64. The summed E-state index contributed by atoms with van der Waals surface area (Å²) >= 11 is 0. The highest BCUT2D eigenvalue weighted by Gasteiger charge is 2.10. The van der Waals surface area contributed by atoms with Crippen LogP contribution in [0.5, 0.6) is 0 Å². The Morgan fingerprint density at radius 3 is 3.20 bits per heavy atom. The molecule has 0 radical (unpaired) electrons. The zero-order valence-corrected chi connectivity index (χ0v) is 8.40. The maximum absolute atomic E-state index is 8.68. The number of nitrogens with zero attached hydrogens (tertiary/aromatic N) is 2. The molecule has 2 rings (SSSR count). The minimum atomic E-state index is 0.0458. The van der Waals surface area contributed by atoms with E-state index in [1.54, 1.807) is 0 Å². The summed E-state index contributed by atoms with van der Waals surface area (Å²) in [6, 6.07) is 7.97. The number of benzene rings is 1. The third-order valence-electron chi connectivity index (χ3n) is 2.40. The highest BCUT2D eigenvalue weighted by molar-refractivity contribution is 5.72. The number of fused-ring (bicyclic) bond motifs is 1. The van der Waals surface area contributed by atoms with Gasteiger partial charge >= 0.3 is 0 Å². The van der Waals surface area contributed by atoms with Crippen molar-refractivity contribution in [2.24, 2.45) is 0 Å². The summed E-state index contributed by atoms with van der Waals surface area (Å²) in [5, 5.41) is 11.8. The van der Waals surface area contributed by atoms with Gasteiger partial charge in [-0.3, -0.25) is 0 Å². The van der Waals surface area contributed by atoms with Gasteiger partial charge < -0.3 is 9.73 Å². The second-order valence-electron chi connectivity index (χ2n) is 3.28. The van der Waals surface area contributed by atoms with Gasteiger partial charge in [0.15, 0.2) is 12.0 Å². The maximum atomic E-state index is 8.68. The first-order valence-corrected chi connectivity index (χ1v) is 4.72. The fraction of sp³-hybridized carbons (Fsp3) is 0.273. The van der Waals surface area contributed by atoms with Crippen molar-refractivity contribution in [3.05, 3.63) is 30.2 Å². The van der Waals surface area contributed by atoms with Crippen LogP contribution in [0, 0.1) is 11.3 Å². The summed E-state index contributed by atoms with van der Waals surface area (Å²) < 4.78 is 5.21. The fourth-order valence-electron chi connectivity index (χ4n) is 1.57. The third kappa shape index (κ3) is 1.83. The molecule has 1 atom stereocenters. The van der Waals surface area contributed by atoms with Gasteiger partial charge in [0.05, 0.1) is 12.5 Å². The molecular weight excluding hydrogens is 190 g/mol. The molecule has 0 spiro atoms. The zero-order chi connectivity index (χ0) is 10.7. The first-order chi connectivity index (χ1) is 7.35. The average molecular weight is 201 g/mol. The lowest BCUT2D eigenvalue weighted by Gasteiger charge is -2.12.